The number of benzene rings is 2. The third-order valence-electron chi connectivity index (χ3n) is 3.40. The highest BCUT2D eigenvalue weighted by Gasteiger charge is 2.06. The van der Waals surface area contributed by atoms with Crippen molar-refractivity contribution in [3.63, 3.8) is 0 Å². The van der Waals surface area contributed by atoms with Gasteiger partial charge in [-0.1, -0.05) is 41.4 Å². The summed E-state index contributed by atoms with van der Waals surface area (Å²) < 4.78 is 1.73. The molecule has 3 aromatic rings. The Hall–Kier alpha value is -2.76. The molecule has 0 radical (unpaired) electrons. The third kappa shape index (κ3) is 4.21. The molecule has 7 heteroatoms. The highest BCUT2D eigenvalue weighted by atomic mass is 35.5. The number of nitrogen functional groups attached to an aromatic ring is 1. The molecule has 0 unspecified atom stereocenters. The maximum atomic E-state index is 12.0. The number of halogens is 2. The fraction of sp³-hybridized carbons (Fsp3) is 0. The first-order valence-electron chi connectivity index (χ1n) is 7.36. The maximum Gasteiger partial charge on any atom is 0.248 e. The molecule has 0 aliphatic heterocycles. The van der Waals surface area contributed by atoms with Crippen LogP contribution in [-0.2, 0) is 4.79 Å². The maximum absolute atomic E-state index is 12.0. The summed E-state index contributed by atoms with van der Waals surface area (Å²) in [6, 6.07) is 12.8. The lowest BCUT2D eigenvalue weighted by atomic mass is 10.2. The molecule has 1 heterocycles. The summed E-state index contributed by atoms with van der Waals surface area (Å²) in [5, 5.41) is 7.52. The fourth-order valence-electron chi connectivity index (χ4n) is 2.16. The zero-order valence-corrected chi connectivity index (χ0v) is 14.5. The zero-order valence-electron chi connectivity index (χ0n) is 13.0. The van der Waals surface area contributed by atoms with E-state index in [2.05, 4.69) is 10.4 Å². The van der Waals surface area contributed by atoms with Crippen LogP contribution in [0.3, 0.4) is 0 Å². The average Bonchev–Trinajstić information content (AvgIpc) is 3.08. The molecular formula is C18H14Cl2N4O. The van der Waals surface area contributed by atoms with Crippen LogP contribution in [0.1, 0.15) is 5.56 Å². The smallest absolute Gasteiger partial charge is 0.248 e. The van der Waals surface area contributed by atoms with Gasteiger partial charge in [0.15, 0.2) is 0 Å². The van der Waals surface area contributed by atoms with E-state index >= 15 is 0 Å². The van der Waals surface area contributed by atoms with Crippen LogP contribution in [0.25, 0.3) is 11.8 Å². The molecule has 1 amide bonds. The minimum Gasteiger partial charge on any atom is -0.396 e. The van der Waals surface area contributed by atoms with Gasteiger partial charge >= 0.3 is 0 Å². The summed E-state index contributed by atoms with van der Waals surface area (Å²) in [6.45, 7) is 0. The van der Waals surface area contributed by atoms with Crippen LogP contribution in [0.15, 0.2) is 60.9 Å². The number of aromatic nitrogens is 2. The fourth-order valence-corrected chi connectivity index (χ4v) is 2.64. The van der Waals surface area contributed by atoms with Gasteiger partial charge in [-0.3, -0.25) is 4.79 Å². The molecule has 3 N–H and O–H groups in total. The molecule has 1 aromatic heterocycles. The molecule has 3 rings (SSSR count). The van der Waals surface area contributed by atoms with E-state index in [1.54, 1.807) is 29.1 Å². The second kappa shape index (κ2) is 7.42. The van der Waals surface area contributed by atoms with E-state index in [-0.39, 0.29) is 21.6 Å². The van der Waals surface area contributed by atoms with E-state index < -0.39 is 0 Å². The van der Waals surface area contributed by atoms with E-state index in [0.29, 0.717) is 5.69 Å². The van der Waals surface area contributed by atoms with Gasteiger partial charge in [-0.15, -0.1) is 0 Å². The monoisotopic (exact) mass is 372 g/mol. The third-order valence-corrected chi connectivity index (χ3v) is 4.02. The van der Waals surface area contributed by atoms with E-state index in [1.807, 2.05) is 36.5 Å². The zero-order chi connectivity index (χ0) is 17.8. The van der Waals surface area contributed by atoms with Crippen LogP contribution in [-0.4, -0.2) is 15.7 Å². The molecule has 0 atom stereocenters. The highest BCUT2D eigenvalue weighted by molar-refractivity contribution is 6.39. The van der Waals surface area contributed by atoms with Crippen molar-refractivity contribution in [1.82, 2.24) is 9.78 Å². The van der Waals surface area contributed by atoms with Gasteiger partial charge in [-0.05, 0) is 30.3 Å². The molecular weight excluding hydrogens is 359 g/mol. The molecule has 0 aliphatic rings. The Bertz CT molecular complexity index is 912. The van der Waals surface area contributed by atoms with Crippen molar-refractivity contribution < 1.29 is 4.79 Å². The van der Waals surface area contributed by atoms with E-state index in [0.717, 1.165) is 11.3 Å². The lowest BCUT2D eigenvalue weighted by Crippen LogP contribution is -2.08. The molecule has 25 heavy (non-hydrogen) atoms. The summed E-state index contributed by atoms with van der Waals surface area (Å²) in [7, 11) is 0. The van der Waals surface area contributed by atoms with E-state index in [9.17, 15) is 4.79 Å². The molecule has 2 aromatic carbocycles. The number of nitrogens with zero attached hydrogens (tertiary/aromatic N) is 2. The van der Waals surface area contributed by atoms with Crippen LogP contribution in [0, 0.1) is 0 Å². The summed E-state index contributed by atoms with van der Waals surface area (Å²) in [6.07, 6.45) is 6.58. The SMILES string of the molecule is Nc1c(Cl)cc(NC(=O)/C=C/c2cnn(-c3ccccc3)c2)cc1Cl. The standard InChI is InChI=1S/C18H14Cl2N4O/c19-15-8-13(9-16(20)18(15)21)23-17(25)7-6-12-10-22-24(11-12)14-4-2-1-3-5-14/h1-11H,21H2,(H,23,25)/b7-6+. The molecule has 0 fully saturated rings. The van der Waals surface area contributed by atoms with Crippen LogP contribution in [0.2, 0.25) is 10.0 Å². The number of nitrogens with one attached hydrogen (secondary N) is 1. The predicted molar refractivity (Wildman–Crippen MR) is 102 cm³/mol. The number of carbonyl (C=O) groups is 1. The topological polar surface area (TPSA) is 72.9 Å². The molecule has 0 spiro atoms. The number of hydrogen-bond donors (Lipinski definition) is 2. The van der Waals surface area contributed by atoms with Crippen molar-refractivity contribution in [2.45, 2.75) is 0 Å². The lowest BCUT2D eigenvalue weighted by Gasteiger charge is -2.06. The second-order valence-electron chi connectivity index (χ2n) is 5.23. The quantitative estimate of drug-likeness (QED) is 0.526. The van der Waals surface area contributed by atoms with Gasteiger partial charge in [0.05, 0.1) is 27.6 Å². The Morgan fingerprint density at radius 2 is 1.84 bits per heavy atom. The Kier molecular flexibility index (Phi) is 5.07. The number of carbonyl (C=O) groups excluding carboxylic acids is 1. The molecule has 0 saturated carbocycles. The molecule has 0 aliphatic carbocycles. The van der Waals surface area contributed by atoms with Crippen LogP contribution >= 0.6 is 23.2 Å². The number of para-hydroxylation sites is 1. The van der Waals surface area contributed by atoms with Crippen molar-refractivity contribution in [3.8, 4) is 5.69 Å². The van der Waals surface area contributed by atoms with Crippen molar-refractivity contribution >= 4 is 46.6 Å². The van der Waals surface area contributed by atoms with Crippen LogP contribution < -0.4 is 11.1 Å². The largest absolute Gasteiger partial charge is 0.396 e. The van der Waals surface area contributed by atoms with Gasteiger partial charge in [-0.2, -0.15) is 5.10 Å². The number of rotatable bonds is 4. The van der Waals surface area contributed by atoms with Crippen LogP contribution in [0.5, 0.6) is 0 Å². The molecule has 126 valence electrons. The summed E-state index contributed by atoms with van der Waals surface area (Å²) in [5.41, 5.74) is 8.16. The van der Waals surface area contributed by atoms with Crippen molar-refractivity contribution in [1.29, 1.82) is 0 Å². The Morgan fingerprint density at radius 3 is 2.52 bits per heavy atom. The second-order valence-corrected chi connectivity index (χ2v) is 6.04. The Balaban J connectivity index is 1.68. The number of hydrogen-bond acceptors (Lipinski definition) is 3. The first kappa shape index (κ1) is 17.1. The average molecular weight is 373 g/mol. The first-order valence-corrected chi connectivity index (χ1v) is 8.12. The summed E-state index contributed by atoms with van der Waals surface area (Å²) in [5.74, 6) is -0.315. The predicted octanol–water partition coefficient (Wildman–Crippen LogP) is 4.41. The molecule has 5 nitrogen and oxygen atoms in total. The number of anilines is 2. The normalized spacial score (nSPS) is 11.0. The number of nitrogens with two attached hydrogens (primary N) is 1. The minimum atomic E-state index is -0.315. The minimum absolute atomic E-state index is 0.283. The van der Waals surface area contributed by atoms with Gasteiger partial charge in [0.2, 0.25) is 5.91 Å². The van der Waals surface area contributed by atoms with E-state index in [1.165, 1.54) is 6.08 Å². The van der Waals surface area contributed by atoms with Gasteiger partial charge in [0.25, 0.3) is 0 Å². The van der Waals surface area contributed by atoms with Gasteiger partial charge < -0.3 is 11.1 Å². The Morgan fingerprint density at radius 1 is 1.16 bits per heavy atom. The van der Waals surface area contributed by atoms with Crippen molar-refractivity contribution in [3.05, 3.63) is 76.5 Å². The van der Waals surface area contributed by atoms with Gasteiger partial charge in [-0.25, -0.2) is 4.68 Å². The van der Waals surface area contributed by atoms with E-state index in [4.69, 9.17) is 28.9 Å². The summed E-state index contributed by atoms with van der Waals surface area (Å²) >= 11 is 11.9. The van der Waals surface area contributed by atoms with Crippen LogP contribution in [0.4, 0.5) is 11.4 Å². The van der Waals surface area contributed by atoms with Gasteiger partial charge in [0.1, 0.15) is 0 Å². The highest BCUT2D eigenvalue weighted by Crippen LogP contribution is 2.31. The number of amides is 1. The Labute approximate surface area is 154 Å². The summed E-state index contributed by atoms with van der Waals surface area (Å²) in [4.78, 5) is 12.0. The molecule has 0 bridgehead atoms. The molecule has 0 saturated heterocycles. The lowest BCUT2D eigenvalue weighted by molar-refractivity contribution is -0.111. The van der Waals surface area contributed by atoms with Crippen molar-refractivity contribution in [2.24, 2.45) is 0 Å². The van der Waals surface area contributed by atoms with Gasteiger partial charge in [0, 0.05) is 23.5 Å². The van der Waals surface area contributed by atoms with Crippen molar-refractivity contribution in [2.75, 3.05) is 11.1 Å². The first-order chi connectivity index (χ1) is 12.0.